The standard InChI is InChI=1S/C8H8ClF2NO/c1-4-3-12-8(13)5(2-9)6(4)7(10)11/h3,7H,2H2,1H3,(H,12,13). The van der Waals surface area contributed by atoms with Crippen molar-refractivity contribution in [2.75, 3.05) is 0 Å². The predicted molar refractivity (Wildman–Crippen MR) is 46.3 cm³/mol. The van der Waals surface area contributed by atoms with Gasteiger partial charge in [-0.05, 0) is 12.5 Å². The van der Waals surface area contributed by atoms with Crippen molar-refractivity contribution in [3.8, 4) is 0 Å². The summed E-state index contributed by atoms with van der Waals surface area (Å²) in [5.41, 5.74) is -0.489. The van der Waals surface area contributed by atoms with Gasteiger partial charge in [0.1, 0.15) is 0 Å². The SMILES string of the molecule is Cc1c[nH]c(=O)c(CCl)c1C(F)F. The molecular formula is C8H8ClF2NO. The first-order valence-electron chi connectivity index (χ1n) is 3.63. The average Bonchev–Trinajstić information content (AvgIpc) is 2.07. The van der Waals surface area contributed by atoms with Crippen molar-refractivity contribution in [2.45, 2.75) is 19.2 Å². The van der Waals surface area contributed by atoms with Crippen LogP contribution < -0.4 is 5.56 Å². The van der Waals surface area contributed by atoms with Crippen LogP contribution in [0.15, 0.2) is 11.0 Å². The maximum absolute atomic E-state index is 12.4. The molecule has 13 heavy (non-hydrogen) atoms. The molecule has 0 fully saturated rings. The van der Waals surface area contributed by atoms with E-state index in [1.54, 1.807) is 0 Å². The second kappa shape index (κ2) is 3.87. The van der Waals surface area contributed by atoms with E-state index in [1.807, 2.05) is 0 Å². The van der Waals surface area contributed by atoms with Crippen molar-refractivity contribution in [2.24, 2.45) is 0 Å². The summed E-state index contributed by atoms with van der Waals surface area (Å²) in [4.78, 5) is 13.4. The Balaban J connectivity index is 3.44. The Kier molecular flexibility index (Phi) is 3.03. The Hall–Kier alpha value is -0.900. The molecule has 0 amide bonds. The van der Waals surface area contributed by atoms with Gasteiger partial charge in [-0.15, -0.1) is 11.6 Å². The summed E-state index contributed by atoms with van der Waals surface area (Å²) >= 11 is 5.40. The van der Waals surface area contributed by atoms with Crippen LogP contribution in [-0.4, -0.2) is 4.98 Å². The van der Waals surface area contributed by atoms with Crippen LogP contribution in [-0.2, 0) is 5.88 Å². The van der Waals surface area contributed by atoms with Crippen molar-refractivity contribution in [3.63, 3.8) is 0 Å². The fraction of sp³-hybridized carbons (Fsp3) is 0.375. The van der Waals surface area contributed by atoms with Gasteiger partial charge in [-0.1, -0.05) is 0 Å². The summed E-state index contributed by atoms with van der Waals surface area (Å²) in [5, 5.41) is 0. The van der Waals surface area contributed by atoms with Crippen LogP contribution in [0.5, 0.6) is 0 Å². The van der Waals surface area contributed by atoms with E-state index in [4.69, 9.17) is 11.6 Å². The Morgan fingerprint density at radius 2 is 2.23 bits per heavy atom. The summed E-state index contributed by atoms with van der Waals surface area (Å²) in [6.07, 6.45) is -1.39. The third-order valence-corrected chi connectivity index (χ3v) is 2.06. The first-order valence-corrected chi connectivity index (χ1v) is 4.16. The van der Waals surface area contributed by atoms with Gasteiger partial charge in [0.25, 0.3) is 12.0 Å². The fourth-order valence-corrected chi connectivity index (χ4v) is 1.40. The second-order valence-electron chi connectivity index (χ2n) is 2.63. The molecule has 0 atom stereocenters. The maximum Gasteiger partial charge on any atom is 0.264 e. The van der Waals surface area contributed by atoms with E-state index in [0.717, 1.165) is 0 Å². The third-order valence-electron chi connectivity index (χ3n) is 1.80. The van der Waals surface area contributed by atoms with Gasteiger partial charge < -0.3 is 4.98 Å². The minimum atomic E-state index is -2.66. The van der Waals surface area contributed by atoms with Crippen molar-refractivity contribution in [1.82, 2.24) is 4.98 Å². The first kappa shape index (κ1) is 10.2. The van der Waals surface area contributed by atoms with E-state index >= 15 is 0 Å². The van der Waals surface area contributed by atoms with Crippen molar-refractivity contribution >= 4 is 11.6 Å². The van der Waals surface area contributed by atoms with Gasteiger partial charge in [-0.2, -0.15) is 0 Å². The molecule has 0 bridgehead atoms. The molecule has 0 saturated heterocycles. The van der Waals surface area contributed by atoms with E-state index in [0.29, 0.717) is 5.56 Å². The zero-order chi connectivity index (χ0) is 10.0. The quantitative estimate of drug-likeness (QED) is 0.742. The van der Waals surface area contributed by atoms with Crippen LogP contribution in [0.4, 0.5) is 8.78 Å². The van der Waals surface area contributed by atoms with Gasteiger partial charge in [-0.25, -0.2) is 8.78 Å². The van der Waals surface area contributed by atoms with Gasteiger partial charge in [0.05, 0.1) is 5.88 Å². The highest BCUT2D eigenvalue weighted by molar-refractivity contribution is 6.17. The average molecular weight is 208 g/mol. The smallest absolute Gasteiger partial charge is 0.264 e. The number of hydrogen-bond donors (Lipinski definition) is 1. The number of alkyl halides is 3. The summed E-state index contributed by atoms with van der Waals surface area (Å²) in [6, 6.07) is 0. The first-order chi connectivity index (χ1) is 6.07. The fourth-order valence-electron chi connectivity index (χ4n) is 1.14. The molecule has 5 heteroatoms. The van der Waals surface area contributed by atoms with E-state index in [9.17, 15) is 13.6 Å². The minimum Gasteiger partial charge on any atom is -0.329 e. The van der Waals surface area contributed by atoms with E-state index in [1.165, 1.54) is 13.1 Å². The van der Waals surface area contributed by atoms with Crippen LogP contribution in [0.25, 0.3) is 0 Å². The molecule has 1 heterocycles. The van der Waals surface area contributed by atoms with Crippen LogP contribution in [0.1, 0.15) is 23.1 Å². The lowest BCUT2D eigenvalue weighted by atomic mass is 10.1. The van der Waals surface area contributed by atoms with Crippen molar-refractivity contribution in [1.29, 1.82) is 0 Å². The lowest BCUT2D eigenvalue weighted by molar-refractivity contribution is 0.149. The number of aromatic amines is 1. The molecule has 0 aliphatic carbocycles. The van der Waals surface area contributed by atoms with E-state index in [2.05, 4.69) is 4.98 Å². The normalized spacial score (nSPS) is 10.8. The Morgan fingerprint density at radius 3 is 2.62 bits per heavy atom. The van der Waals surface area contributed by atoms with E-state index < -0.39 is 12.0 Å². The molecule has 72 valence electrons. The van der Waals surface area contributed by atoms with E-state index in [-0.39, 0.29) is 17.0 Å². The van der Waals surface area contributed by atoms with Gasteiger partial charge in [0, 0.05) is 17.3 Å². The molecule has 1 aromatic rings. The number of nitrogens with one attached hydrogen (secondary N) is 1. The monoisotopic (exact) mass is 207 g/mol. The van der Waals surface area contributed by atoms with Crippen LogP contribution in [0, 0.1) is 6.92 Å². The summed E-state index contributed by atoms with van der Waals surface area (Å²) in [7, 11) is 0. The van der Waals surface area contributed by atoms with Gasteiger partial charge in [0.2, 0.25) is 0 Å². The predicted octanol–water partition coefficient (Wildman–Crippen LogP) is 2.36. The third kappa shape index (κ3) is 1.88. The van der Waals surface area contributed by atoms with Gasteiger partial charge in [0.15, 0.2) is 0 Å². The highest BCUT2D eigenvalue weighted by atomic mass is 35.5. The highest BCUT2D eigenvalue weighted by Crippen LogP contribution is 2.24. The largest absolute Gasteiger partial charge is 0.329 e. The minimum absolute atomic E-state index is 0.0448. The summed E-state index contributed by atoms with van der Waals surface area (Å²) in [6.45, 7) is 1.51. The number of halogens is 3. The summed E-state index contributed by atoms with van der Waals surface area (Å²) in [5.74, 6) is -0.198. The molecule has 0 unspecified atom stereocenters. The molecule has 2 nitrogen and oxygen atoms in total. The Bertz CT molecular complexity index is 362. The number of hydrogen-bond acceptors (Lipinski definition) is 1. The number of rotatable bonds is 2. The molecule has 1 N–H and O–H groups in total. The summed E-state index contributed by atoms with van der Waals surface area (Å²) < 4.78 is 24.9. The van der Waals surface area contributed by atoms with Crippen molar-refractivity contribution < 1.29 is 8.78 Å². The Labute approximate surface area is 78.5 Å². The maximum atomic E-state index is 12.4. The van der Waals surface area contributed by atoms with Gasteiger partial charge >= 0.3 is 0 Å². The second-order valence-corrected chi connectivity index (χ2v) is 2.89. The molecule has 0 aromatic carbocycles. The number of aryl methyl sites for hydroxylation is 1. The lowest BCUT2D eigenvalue weighted by Gasteiger charge is -2.07. The zero-order valence-electron chi connectivity index (χ0n) is 6.90. The molecule has 0 spiro atoms. The van der Waals surface area contributed by atoms with Gasteiger partial charge in [-0.3, -0.25) is 4.79 Å². The molecule has 0 aliphatic heterocycles. The lowest BCUT2D eigenvalue weighted by Crippen LogP contribution is -2.15. The number of pyridine rings is 1. The van der Waals surface area contributed by atoms with Crippen LogP contribution in [0.3, 0.4) is 0 Å². The Morgan fingerprint density at radius 1 is 1.62 bits per heavy atom. The topological polar surface area (TPSA) is 32.9 Å². The number of aromatic nitrogens is 1. The number of H-pyrrole nitrogens is 1. The molecular weight excluding hydrogens is 200 g/mol. The molecule has 0 saturated carbocycles. The molecule has 0 radical (unpaired) electrons. The highest BCUT2D eigenvalue weighted by Gasteiger charge is 2.17. The molecule has 1 aromatic heterocycles. The van der Waals surface area contributed by atoms with Crippen LogP contribution >= 0.6 is 11.6 Å². The molecule has 0 aliphatic rings. The van der Waals surface area contributed by atoms with Crippen LogP contribution in [0.2, 0.25) is 0 Å². The molecule has 1 rings (SSSR count). The zero-order valence-corrected chi connectivity index (χ0v) is 7.66. The van der Waals surface area contributed by atoms with Crippen molar-refractivity contribution in [3.05, 3.63) is 33.2 Å².